The van der Waals surface area contributed by atoms with Gasteiger partial charge in [-0.05, 0) is 37.0 Å². The topological polar surface area (TPSA) is 64.1 Å². The molecule has 0 aliphatic carbocycles. The van der Waals surface area contributed by atoms with E-state index in [9.17, 15) is 4.79 Å². The predicted octanol–water partition coefficient (Wildman–Crippen LogP) is 4.87. The molecule has 3 aromatic rings. The van der Waals surface area contributed by atoms with Crippen molar-refractivity contribution in [2.24, 2.45) is 0 Å². The van der Waals surface area contributed by atoms with Gasteiger partial charge in [-0.25, -0.2) is 14.8 Å². The number of nitrogens with zero attached hydrogens (tertiary/aromatic N) is 2. The highest BCUT2D eigenvalue weighted by molar-refractivity contribution is 7.98. The second-order valence-electron chi connectivity index (χ2n) is 5.70. The number of carbonyl (C=O) groups is 1. The van der Waals surface area contributed by atoms with Gasteiger partial charge in [0.25, 0.3) is 0 Å². The third kappa shape index (κ3) is 5.69. The fraction of sp³-hybridized carbons (Fsp3) is 0.0952. The lowest BCUT2D eigenvalue weighted by Crippen LogP contribution is -2.04. The third-order valence-corrected chi connectivity index (χ3v) is 4.10. The maximum absolute atomic E-state index is 12.0. The summed E-state index contributed by atoms with van der Waals surface area (Å²) in [5, 5.41) is 3.92. The number of esters is 1. The van der Waals surface area contributed by atoms with Gasteiger partial charge in [-0.3, -0.25) is 0 Å². The molecule has 5 nitrogen and oxygen atoms in total. The molecule has 0 aliphatic rings. The molecule has 6 heteroatoms. The van der Waals surface area contributed by atoms with E-state index in [2.05, 4.69) is 15.3 Å². The molecule has 0 fully saturated rings. The van der Waals surface area contributed by atoms with Crippen LogP contribution in [0.1, 0.15) is 11.3 Å². The van der Waals surface area contributed by atoms with Crippen molar-refractivity contribution in [3.05, 3.63) is 78.0 Å². The van der Waals surface area contributed by atoms with Crippen molar-refractivity contribution in [2.75, 3.05) is 11.6 Å². The quantitative estimate of drug-likeness (QED) is 0.217. The van der Waals surface area contributed by atoms with E-state index in [-0.39, 0.29) is 0 Å². The number of ether oxygens (including phenoxy) is 1. The Hall–Kier alpha value is -3.12. The Labute approximate surface area is 162 Å². The van der Waals surface area contributed by atoms with Gasteiger partial charge in [0.1, 0.15) is 11.6 Å². The maximum atomic E-state index is 12.0. The molecule has 0 radical (unpaired) electrons. The van der Waals surface area contributed by atoms with Crippen molar-refractivity contribution in [2.45, 2.75) is 12.1 Å². The molecule has 136 valence electrons. The molecule has 2 aromatic carbocycles. The monoisotopic (exact) mass is 377 g/mol. The van der Waals surface area contributed by atoms with Crippen LogP contribution in [0.2, 0.25) is 0 Å². The zero-order valence-electron chi connectivity index (χ0n) is 15.0. The van der Waals surface area contributed by atoms with Gasteiger partial charge in [-0.1, -0.05) is 48.2 Å². The average molecular weight is 377 g/mol. The molecule has 0 saturated heterocycles. The Kier molecular flexibility index (Phi) is 6.22. The van der Waals surface area contributed by atoms with Gasteiger partial charge in [0.15, 0.2) is 5.16 Å². The SMILES string of the molecule is CSc1nc(C)cc(Nc2cccc(OC(=O)/C=C/c3ccccc3)c2)n1. The van der Waals surface area contributed by atoms with E-state index in [1.54, 1.807) is 18.2 Å². The van der Waals surface area contributed by atoms with Crippen LogP contribution in [-0.4, -0.2) is 22.2 Å². The lowest BCUT2D eigenvalue weighted by atomic mass is 10.2. The Balaban J connectivity index is 1.67. The maximum Gasteiger partial charge on any atom is 0.336 e. The molecule has 0 unspecified atom stereocenters. The zero-order chi connectivity index (χ0) is 19.1. The molecule has 1 aromatic heterocycles. The number of aryl methyl sites for hydroxylation is 1. The van der Waals surface area contributed by atoms with Gasteiger partial charge in [0, 0.05) is 29.6 Å². The number of nitrogens with one attached hydrogen (secondary N) is 1. The molecule has 0 aliphatic heterocycles. The Morgan fingerprint density at radius 2 is 1.89 bits per heavy atom. The largest absolute Gasteiger partial charge is 0.423 e. The molecule has 1 heterocycles. The summed E-state index contributed by atoms with van der Waals surface area (Å²) in [6.45, 7) is 1.92. The molecule has 0 bridgehead atoms. The van der Waals surface area contributed by atoms with E-state index in [1.807, 2.05) is 61.7 Å². The molecule has 0 spiro atoms. The van der Waals surface area contributed by atoms with Crippen LogP contribution in [0.4, 0.5) is 11.5 Å². The van der Waals surface area contributed by atoms with Crippen LogP contribution in [0.3, 0.4) is 0 Å². The molecule has 1 N–H and O–H groups in total. The van der Waals surface area contributed by atoms with Crippen molar-refractivity contribution in [3.63, 3.8) is 0 Å². The van der Waals surface area contributed by atoms with Gasteiger partial charge in [0.2, 0.25) is 0 Å². The Morgan fingerprint density at radius 1 is 1.07 bits per heavy atom. The standard InChI is InChI=1S/C21H19N3O2S/c1-15-13-19(24-21(22-15)27-2)23-17-9-6-10-18(14-17)26-20(25)12-11-16-7-4-3-5-8-16/h3-14H,1-2H3,(H,22,23,24)/b12-11+. The van der Waals surface area contributed by atoms with Crippen molar-refractivity contribution in [3.8, 4) is 5.75 Å². The highest BCUT2D eigenvalue weighted by atomic mass is 32.2. The number of thioether (sulfide) groups is 1. The van der Waals surface area contributed by atoms with Crippen LogP contribution in [0.15, 0.2) is 71.9 Å². The number of hydrogen-bond acceptors (Lipinski definition) is 6. The molecule has 0 saturated carbocycles. The first-order valence-electron chi connectivity index (χ1n) is 8.34. The van der Waals surface area contributed by atoms with Gasteiger partial charge >= 0.3 is 5.97 Å². The molecular formula is C21H19N3O2S. The number of rotatable bonds is 6. The Morgan fingerprint density at radius 3 is 2.67 bits per heavy atom. The van der Waals surface area contributed by atoms with E-state index in [4.69, 9.17) is 4.74 Å². The lowest BCUT2D eigenvalue weighted by Gasteiger charge is -2.09. The molecule has 0 amide bonds. The minimum atomic E-state index is -0.432. The molecular weight excluding hydrogens is 358 g/mol. The molecule has 3 rings (SSSR count). The molecule has 27 heavy (non-hydrogen) atoms. The van der Waals surface area contributed by atoms with E-state index in [1.165, 1.54) is 17.8 Å². The highest BCUT2D eigenvalue weighted by Crippen LogP contribution is 2.22. The van der Waals surface area contributed by atoms with Gasteiger partial charge in [-0.15, -0.1) is 0 Å². The minimum Gasteiger partial charge on any atom is -0.423 e. The average Bonchev–Trinajstić information content (AvgIpc) is 2.67. The summed E-state index contributed by atoms with van der Waals surface area (Å²) in [7, 11) is 0. The van der Waals surface area contributed by atoms with E-state index in [0.29, 0.717) is 16.7 Å². The van der Waals surface area contributed by atoms with Gasteiger partial charge in [-0.2, -0.15) is 0 Å². The third-order valence-electron chi connectivity index (χ3n) is 3.55. The zero-order valence-corrected chi connectivity index (χ0v) is 15.9. The summed E-state index contributed by atoms with van der Waals surface area (Å²) in [6.07, 6.45) is 5.06. The van der Waals surface area contributed by atoms with Crippen LogP contribution in [0, 0.1) is 6.92 Å². The summed E-state index contributed by atoms with van der Waals surface area (Å²) in [6, 6.07) is 18.6. The lowest BCUT2D eigenvalue weighted by molar-refractivity contribution is -0.128. The van der Waals surface area contributed by atoms with Crippen molar-refractivity contribution in [1.82, 2.24) is 9.97 Å². The second-order valence-corrected chi connectivity index (χ2v) is 6.47. The predicted molar refractivity (Wildman–Crippen MR) is 109 cm³/mol. The second kappa shape index (κ2) is 9.00. The van der Waals surface area contributed by atoms with Crippen molar-refractivity contribution in [1.29, 1.82) is 0 Å². The summed E-state index contributed by atoms with van der Waals surface area (Å²) in [5.74, 6) is 0.719. The number of benzene rings is 2. The van der Waals surface area contributed by atoms with E-state index in [0.717, 1.165) is 16.9 Å². The van der Waals surface area contributed by atoms with Crippen LogP contribution in [-0.2, 0) is 4.79 Å². The number of carbonyl (C=O) groups excluding carboxylic acids is 1. The fourth-order valence-electron chi connectivity index (χ4n) is 2.36. The summed E-state index contributed by atoms with van der Waals surface area (Å²) < 4.78 is 5.38. The fourth-order valence-corrected chi connectivity index (χ4v) is 2.79. The first-order chi connectivity index (χ1) is 13.1. The summed E-state index contributed by atoms with van der Waals surface area (Å²) >= 11 is 1.48. The number of anilines is 2. The number of aromatic nitrogens is 2. The van der Waals surface area contributed by atoms with Crippen LogP contribution < -0.4 is 10.1 Å². The van der Waals surface area contributed by atoms with Crippen molar-refractivity contribution >= 4 is 35.3 Å². The first-order valence-corrected chi connectivity index (χ1v) is 9.56. The van der Waals surface area contributed by atoms with Crippen LogP contribution in [0.25, 0.3) is 6.08 Å². The van der Waals surface area contributed by atoms with Crippen LogP contribution >= 0.6 is 11.8 Å². The van der Waals surface area contributed by atoms with E-state index < -0.39 is 5.97 Å². The first kappa shape index (κ1) is 18.7. The van der Waals surface area contributed by atoms with Crippen LogP contribution in [0.5, 0.6) is 5.75 Å². The van der Waals surface area contributed by atoms with E-state index >= 15 is 0 Å². The summed E-state index contributed by atoms with van der Waals surface area (Å²) in [4.78, 5) is 20.8. The highest BCUT2D eigenvalue weighted by Gasteiger charge is 2.05. The van der Waals surface area contributed by atoms with Gasteiger partial charge < -0.3 is 10.1 Å². The normalized spacial score (nSPS) is 10.7. The Bertz CT molecular complexity index is 959. The minimum absolute atomic E-state index is 0.432. The molecule has 0 atom stereocenters. The van der Waals surface area contributed by atoms with Gasteiger partial charge in [0.05, 0.1) is 0 Å². The summed E-state index contributed by atoms with van der Waals surface area (Å²) in [5.41, 5.74) is 2.59. The number of hydrogen-bond donors (Lipinski definition) is 1. The smallest absolute Gasteiger partial charge is 0.336 e. The van der Waals surface area contributed by atoms with Crippen molar-refractivity contribution < 1.29 is 9.53 Å².